The summed E-state index contributed by atoms with van der Waals surface area (Å²) in [6.07, 6.45) is 0.839. The van der Waals surface area contributed by atoms with Gasteiger partial charge in [0.2, 0.25) is 0 Å². The van der Waals surface area contributed by atoms with Crippen molar-refractivity contribution in [3.05, 3.63) is 0 Å². The van der Waals surface area contributed by atoms with Crippen molar-refractivity contribution < 1.29 is 14.7 Å². The molecule has 0 bridgehead atoms. The summed E-state index contributed by atoms with van der Waals surface area (Å²) >= 11 is 0. The summed E-state index contributed by atoms with van der Waals surface area (Å²) in [5, 5.41) is 14.6. The van der Waals surface area contributed by atoms with Crippen molar-refractivity contribution >= 4 is 11.5 Å². The Hall–Kier alpha value is -0.940. The number of aliphatic hydroxyl groups is 1. The lowest BCUT2D eigenvalue weighted by Crippen LogP contribution is -2.53. The summed E-state index contributed by atoms with van der Waals surface area (Å²) in [6, 6.07) is -0.263. The summed E-state index contributed by atoms with van der Waals surface area (Å²) < 4.78 is 0. The molecule has 0 saturated carbocycles. The van der Waals surface area contributed by atoms with Gasteiger partial charge >= 0.3 is 0 Å². The maximum atomic E-state index is 12.5. The third kappa shape index (κ3) is 6.44. The maximum Gasteiger partial charge on any atom is 0.155 e. The second-order valence-electron chi connectivity index (χ2n) is 6.78. The fourth-order valence-electron chi connectivity index (χ4n) is 2.39. The van der Waals surface area contributed by atoms with Crippen LogP contribution in [0.1, 0.15) is 54.4 Å². The molecule has 0 aliphatic carbocycles. The summed E-state index contributed by atoms with van der Waals surface area (Å²) in [6.45, 7) is 11.7. The quantitative estimate of drug-likeness (QED) is 0.497. The van der Waals surface area contributed by atoms with E-state index in [2.05, 4.69) is 5.16 Å². The number of Topliss-reactive ketones (excluding diaryl/α,β-unsaturated/α-hetero) is 1. The molecule has 130 valence electrons. The lowest BCUT2D eigenvalue weighted by atomic mass is 9.86. The fourth-order valence-corrected chi connectivity index (χ4v) is 2.39. The van der Waals surface area contributed by atoms with E-state index in [1.807, 2.05) is 53.5 Å². The molecular formula is C17H34N2O3. The number of ketones is 1. The van der Waals surface area contributed by atoms with Crippen LogP contribution in [0.2, 0.25) is 0 Å². The van der Waals surface area contributed by atoms with E-state index in [4.69, 9.17) is 4.84 Å². The van der Waals surface area contributed by atoms with Gasteiger partial charge in [-0.3, -0.25) is 9.69 Å². The van der Waals surface area contributed by atoms with E-state index < -0.39 is 12.1 Å². The van der Waals surface area contributed by atoms with Gasteiger partial charge in [-0.2, -0.15) is 0 Å². The lowest BCUT2D eigenvalue weighted by molar-refractivity contribution is -0.133. The van der Waals surface area contributed by atoms with Gasteiger partial charge in [-0.15, -0.1) is 0 Å². The van der Waals surface area contributed by atoms with Crippen LogP contribution in [0, 0.1) is 11.8 Å². The molecule has 5 nitrogen and oxygen atoms in total. The molecule has 0 aromatic rings. The summed E-state index contributed by atoms with van der Waals surface area (Å²) in [4.78, 5) is 19.2. The van der Waals surface area contributed by atoms with Crippen molar-refractivity contribution in [3.63, 3.8) is 0 Å². The zero-order valence-corrected chi connectivity index (χ0v) is 15.5. The molecule has 5 heteroatoms. The molecule has 0 saturated heterocycles. The average Bonchev–Trinajstić information content (AvgIpc) is 2.44. The van der Waals surface area contributed by atoms with Crippen LogP contribution in [-0.4, -0.2) is 53.8 Å². The smallest absolute Gasteiger partial charge is 0.155 e. The van der Waals surface area contributed by atoms with E-state index in [0.717, 1.165) is 18.6 Å². The molecule has 0 heterocycles. The van der Waals surface area contributed by atoms with Crippen LogP contribution < -0.4 is 0 Å². The number of nitrogens with zero attached hydrogens (tertiary/aromatic N) is 2. The Labute approximate surface area is 135 Å². The molecule has 0 spiro atoms. The van der Waals surface area contributed by atoms with E-state index in [1.165, 1.54) is 7.11 Å². The molecule has 22 heavy (non-hydrogen) atoms. The van der Waals surface area contributed by atoms with Gasteiger partial charge in [0.15, 0.2) is 5.78 Å². The topological polar surface area (TPSA) is 62.1 Å². The van der Waals surface area contributed by atoms with E-state index >= 15 is 0 Å². The van der Waals surface area contributed by atoms with Gasteiger partial charge in [0.1, 0.15) is 7.11 Å². The van der Waals surface area contributed by atoms with Crippen LogP contribution in [0.4, 0.5) is 0 Å². The minimum atomic E-state index is -0.683. The summed E-state index contributed by atoms with van der Waals surface area (Å²) in [5.74, 6) is 0.0126. The first-order chi connectivity index (χ1) is 10.1. The minimum Gasteiger partial charge on any atom is -0.399 e. The molecule has 0 aromatic carbocycles. The van der Waals surface area contributed by atoms with Crippen LogP contribution in [0.3, 0.4) is 0 Å². The van der Waals surface area contributed by atoms with Gasteiger partial charge < -0.3 is 9.94 Å². The van der Waals surface area contributed by atoms with Crippen molar-refractivity contribution in [2.24, 2.45) is 17.0 Å². The molecule has 0 aliphatic heterocycles. The first kappa shape index (κ1) is 21.1. The Morgan fingerprint density at radius 3 is 2.18 bits per heavy atom. The molecule has 0 rings (SSSR count). The van der Waals surface area contributed by atoms with Crippen molar-refractivity contribution in [2.45, 2.75) is 72.6 Å². The Kier molecular flexibility index (Phi) is 9.53. The SMILES string of the molecule is CON=C(C)CC[C@@H](C)[C@@H](O)[C@@H](C(=O)C(C)C)N(C)C(C)C. The largest absolute Gasteiger partial charge is 0.399 e. The van der Waals surface area contributed by atoms with Crippen LogP contribution >= 0.6 is 0 Å². The number of rotatable bonds is 10. The molecule has 0 radical (unpaired) electrons. The molecule has 0 aliphatic rings. The lowest BCUT2D eigenvalue weighted by Gasteiger charge is -2.37. The molecule has 3 atom stereocenters. The van der Waals surface area contributed by atoms with E-state index in [1.54, 1.807) is 0 Å². The third-order valence-electron chi connectivity index (χ3n) is 4.23. The third-order valence-corrected chi connectivity index (χ3v) is 4.23. The zero-order chi connectivity index (χ0) is 17.4. The minimum absolute atomic E-state index is 0.0101. The predicted octanol–water partition coefficient (Wildman–Crippen LogP) is 2.72. The van der Waals surface area contributed by atoms with Crippen LogP contribution in [-0.2, 0) is 9.63 Å². The molecular weight excluding hydrogens is 280 g/mol. The monoisotopic (exact) mass is 314 g/mol. The number of hydrogen-bond donors (Lipinski definition) is 1. The summed E-state index contributed by atoms with van der Waals surface area (Å²) in [7, 11) is 3.43. The van der Waals surface area contributed by atoms with Gasteiger partial charge in [-0.05, 0) is 46.6 Å². The Morgan fingerprint density at radius 1 is 1.23 bits per heavy atom. The number of oxime groups is 1. The first-order valence-corrected chi connectivity index (χ1v) is 8.13. The zero-order valence-electron chi connectivity index (χ0n) is 15.5. The summed E-state index contributed by atoms with van der Waals surface area (Å²) in [5.41, 5.74) is 0.894. The van der Waals surface area contributed by atoms with Gasteiger partial charge in [-0.1, -0.05) is 25.9 Å². The van der Waals surface area contributed by atoms with Crippen molar-refractivity contribution in [3.8, 4) is 0 Å². The average molecular weight is 314 g/mol. The molecule has 0 amide bonds. The fraction of sp³-hybridized carbons (Fsp3) is 0.882. The Morgan fingerprint density at radius 2 is 1.77 bits per heavy atom. The first-order valence-electron chi connectivity index (χ1n) is 8.13. The van der Waals surface area contributed by atoms with Crippen LogP contribution in [0.5, 0.6) is 0 Å². The number of hydrogen-bond acceptors (Lipinski definition) is 5. The highest BCUT2D eigenvalue weighted by Gasteiger charge is 2.35. The van der Waals surface area contributed by atoms with Crippen LogP contribution in [0.15, 0.2) is 5.16 Å². The second-order valence-corrected chi connectivity index (χ2v) is 6.78. The van der Waals surface area contributed by atoms with Gasteiger partial charge in [0.25, 0.3) is 0 Å². The Bertz CT molecular complexity index is 367. The molecule has 0 unspecified atom stereocenters. The second kappa shape index (κ2) is 9.95. The van der Waals surface area contributed by atoms with E-state index in [9.17, 15) is 9.90 Å². The number of likely N-dealkylation sites (N-methyl/N-ethyl adjacent to an activating group) is 1. The predicted molar refractivity (Wildman–Crippen MR) is 91.1 cm³/mol. The number of carbonyl (C=O) groups excluding carboxylic acids is 1. The normalized spacial score (nSPS) is 17.0. The highest BCUT2D eigenvalue weighted by Crippen LogP contribution is 2.21. The van der Waals surface area contributed by atoms with Crippen molar-refractivity contribution in [1.29, 1.82) is 0 Å². The highest BCUT2D eigenvalue weighted by molar-refractivity contribution is 5.86. The molecule has 0 aromatic heterocycles. The van der Waals surface area contributed by atoms with Crippen molar-refractivity contribution in [2.75, 3.05) is 14.2 Å². The Balaban J connectivity index is 4.98. The standard InChI is InChI=1S/C17H34N2O3/c1-11(2)16(20)15(19(7)12(3)4)17(21)13(5)9-10-14(6)18-22-8/h11-13,15,17,21H,9-10H2,1-8H3/t13-,15-,17-/m1/s1. The van der Waals surface area contributed by atoms with Gasteiger partial charge in [0, 0.05) is 12.0 Å². The van der Waals surface area contributed by atoms with E-state index in [-0.39, 0.29) is 23.7 Å². The van der Waals surface area contributed by atoms with E-state index in [0.29, 0.717) is 0 Å². The highest BCUT2D eigenvalue weighted by atomic mass is 16.6. The molecule has 0 fully saturated rings. The number of carbonyl (C=O) groups is 1. The van der Waals surface area contributed by atoms with Gasteiger partial charge in [0.05, 0.1) is 17.9 Å². The maximum absolute atomic E-state index is 12.5. The van der Waals surface area contributed by atoms with Gasteiger partial charge in [-0.25, -0.2) is 0 Å². The van der Waals surface area contributed by atoms with Crippen LogP contribution in [0.25, 0.3) is 0 Å². The molecule has 1 N–H and O–H groups in total. The van der Waals surface area contributed by atoms with Crippen molar-refractivity contribution in [1.82, 2.24) is 4.90 Å². The number of aliphatic hydroxyl groups excluding tert-OH is 1.